The molecule has 3 unspecified atom stereocenters. The molecule has 4 aliphatic rings. The smallest absolute Gasteiger partial charge is 0.416 e. The zero-order chi connectivity index (χ0) is 15.4. The topological polar surface area (TPSA) is 93.1 Å². The molecule has 0 spiro atoms. The number of imide groups is 1. The van der Waals surface area contributed by atoms with Crippen LogP contribution in [0, 0.1) is 11.8 Å². The first kappa shape index (κ1) is 14.1. The summed E-state index contributed by atoms with van der Waals surface area (Å²) in [6.45, 7) is 3.89. The van der Waals surface area contributed by atoms with Gasteiger partial charge in [-0.25, -0.2) is 14.5 Å². The second-order valence-corrected chi connectivity index (χ2v) is 6.01. The van der Waals surface area contributed by atoms with Crippen LogP contribution in [0.2, 0.25) is 0 Å². The lowest BCUT2D eigenvalue weighted by molar-refractivity contribution is -0.189. The highest BCUT2D eigenvalue weighted by Crippen LogP contribution is 2.39. The van der Waals surface area contributed by atoms with E-state index in [1.807, 2.05) is 13.8 Å². The number of amides is 2. The van der Waals surface area contributed by atoms with E-state index in [-0.39, 0.29) is 25.0 Å². The highest BCUT2D eigenvalue weighted by Gasteiger charge is 2.58. The third kappa shape index (κ3) is 1.95. The molecule has 4 rings (SSSR count). The van der Waals surface area contributed by atoms with Crippen molar-refractivity contribution in [1.82, 2.24) is 4.90 Å². The predicted octanol–water partition coefficient (Wildman–Crippen LogP) is 0.222. The minimum atomic E-state index is -1.99. The monoisotopic (exact) mass is 295 g/mol. The number of carbonyl (C=O) groups excluding carboxylic acids is 3. The highest BCUT2D eigenvalue weighted by atomic mass is 16.6. The number of nitrogens with zero attached hydrogens (tertiary/aromatic N) is 1. The van der Waals surface area contributed by atoms with Gasteiger partial charge in [0, 0.05) is 6.42 Å². The zero-order valence-corrected chi connectivity index (χ0v) is 11.8. The standard InChI is InChI=1S/C14H17NO6/c1-7(2)10-6-20-13(18)15(10)11(16)9-5-8-3-4-14(9,19)12(17)21-8/h3-4,7-10,19H,5-6H2,1-2H3/t8?,9?,10-,14?/m1/s1. The number of ether oxygens (including phenoxy) is 2. The van der Waals surface area contributed by atoms with Crippen molar-refractivity contribution in [3.8, 4) is 0 Å². The van der Waals surface area contributed by atoms with Crippen LogP contribution in [0.5, 0.6) is 0 Å². The van der Waals surface area contributed by atoms with Crippen molar-refractivity contribution in [1.29, 1.82) is 0 Å². The Morgan fingerprint density at radius 2 is 2.19 bits per heavy atom. The minimum Gasteiger partial charge on any atom is -0.456 e. The fourth-order valence-corrected chi connectivity index (χ4v) is 3.03. The molecule has 4 atom stereocenters. The molecule has 0 aromatic heterocycles. The van der Waals surface area contributed by atoms with Gasteiger partial charge in [0.05, 0.1) is 12.0 Å². The SMILES string of the molecule is CC(C)[C@H]1COC(=O)N1C(=O)C1CC2C=CC1(O)C(=O)O2. The summed E-state index contributed by atoms with van der Waals surface area (Å²) in [5, 5.41) is 10.4. The summed E-state index contributed by atoms with van der Waals surface area (Å²) in [5.41, 5.74) is -1.99. The molecule has 2 amide bonds. The largest absolute Gasteiger partial charge is 0.456 e. The molecule has 0 saturated carbocycles. The van der Waals surface area contributed by atoms with Crippen molar-refractivity contribution in [2.24, 2.45) is 11.8 Å². The van der Waals surface area contributed by atoms with Crippen LogP contribution in [0.25, 0.3) is 0 Å². The number of hydrogen-bond donors (Lipinski definition) is 1. The molecule has 7 nitrogen and oxygen atoms in total. The second kappa shape index (κ2) is 4.56. The summed E-state index contributed by atoms with van der Waals surface area (Å²) in [4.78, 5) is 37.4. The quantitative estimate of drug-likeness (QED) is 0.579. The maximum atomic E-state index is 12.7. The molecule has 0 radical (unpaired) electrons. The van der Waals surface area contributed by atoms with Gasteiger partial charge in [-0.05, 0) is 18.1 Å². The van der Waals surface area contributed by atoms with E-state index >= 15 is 0 Å². The number of hydrogen-bond acceptors (Lipinski definition) is 6. The molecule has 2 bridgehead atoms. The van der Waals surface area contributed by atoms with Gasteiger partial charge < -0.3 is 14.6 Å². The lowest BCUT2D eigenvalue weighted by Gasteiger charge is -2.42. The van der Waals surface area contributed by atoms with Gasteiger partial charge in [-0.1, -0.05) is 13.8 Å². The predicted molar refractivity (Wildman–Crippen MR) is 68.9 cm³/mol. The molecule has 1 N–H and O–H groups in total. The minimum absolute atomic E-state index is 0.0262. The Bertz CT molecular complexity index is 542. The van der Waals surface area contributed by atoms with Gasteiger partial charge in [0.1, 0.15) is 12.7 Å². The number of fused-ring (bicyclic) bond motifs is 2. The molecular weight excluding hydrogens is 278 g/mol. The van der Waals surface area contributed by atoms with Crippen LogP contribution in [-0.2, 0) is 19.1 Å². The van der Waals surface area contributed by atoms with Crippen molar-refractivity contribution >= 4 is 18.0 Å². The Kier molecular flexibility index (Phi) is 3.05. The molecule has 2 fully saturated rings. The fourth-order valence-electron chi connectivity index (χ4n) is 3.03. The molecule has 0 aromatic carbocycles. The van der Waals surface area contributed by atoms with Gasteiger partial charge in [-0.2, -0.15) is 0 Å². The molecule has 114 valence electrons. The van der Waals surface area contributed by atoms with Crippen molar-refractivity contribution in [2.45, 2.75) is 38.0 Å². The van der Waals surface area contributed by atoms with E-state index in [1.165, 1.54) is 6.08 Å². The summed E-state index contributed by atoms with van der Waals surface area (Å²) in [5.74, 6) is -2.41. The van der Waals surface area contributed by atoms with Crippen molar-refractivity contribution in [3.05, 3.63) is 12.2 Å². The number of esters is 1. The molecule has 2 saturated heterocycles. The highest BCUT2D eigenvalue weighted by molar-refractivity contribution is 6.00. The Morgan fingerprint density at radius 3 is 2.81 bits per heavy atom. The second-order valence-electron chi connectivity index (χ2n) is 6.01. The summed E-state index contributed by atoms with van der Waals surface area (Å²) >= 11 is 0. The third-order valence-corrected chi connectivity index (χ3v) is 4.36. The van der Waals surface area contributed by atoms with Crippen LogP contribution in [0.3, 0.4) is 0 Å². The van der Waals surface area contributed by atoms with Crippen molar-refractivity contribution < 1.29 is 29.0 Å². The number of rotatable bonds is 2. The average Bonchev–Trinajstić information content (AvgIpc) is 2.81. The maximum absolute atomic E-state index is 12.7. The van der Waals surface area contributed by atoms with E-state index in [4.69, 9.17) is 9.47 Å². The molecule has 3 aliphatic heterocycles. The summed E-state index contributed by atoms with van der Waals surface area (Å²) in [6, 6.07) is -0.381. The molecule has 3 heterocycles. The fraction of sp³-hybridized carbons (Fsp3) is 0.643. The zero-order valence-electron chi connectivity index (χ0n) is 11.8. The lowest BCUT2D eigenvalue weighted by Crippen LogP contribution is -2.61. The van der Waals surface area contributed by atoms with Crippen molar-refractivity contribution in [2.75, 3.05) is 6.61 Å². The van der Waals surface area contributed by atoms with Crippen LogP contribution >= 0.6 is 0 Å². The molecule has 7 heteroatoms. The number of aliphatic hydroxyl groups is 1. The first-order chi connectivity index (χ1) is 9.84. The Labute approximate surface area is 121 Å². The lowest BCUT2D eigenvalue weighted by atomic mass is 9.75. The van der Waals surface area contributed by atoms with E-state index in [9.17, 15) is 19.5 Å². The summed E-state index contributed by atoms with van der Waals surface area (Å²) in [6.07, 6.45) is 1.78. The molecule has 1 aliphatic carbocycles. The third-order valence-electron chi connectivity index (χ3n) is 4.36. The maximum Gasteiger partial charge on any atom is 0.416 e. The van der Waals surface area contributed by atoms with Gasteiger partial charge in [0.15, 0.2) is 5.60 Å². The Hall–Kier alpha value is -1.89. The van der Waals surface area contributed by atoms with Crippen LogP contribution < -0.4 is 0 Å². The van der Waals surface area contributed by atoms with Crippen LogP contribution in [0.4, 0.5) is 4.79 Å². The summed E-state index contributed by atoms with van der Waals surface area (Å²) < 4.78 is 9.91. The number of carbonyl (C=O) groups is 3. The van der Waals surface area contributed by atoms with Crippen molar-refractivity contribution in [3.63, 3.8) is 0 Å². The Morgan fingerprint density at radius 1 is 1.48 bits per heavy atom. The van der Waals surface area contributed by atoms with E-state index in [0.29, 0.717) is 0 Å². The average molecular weight is 295 g/mol. The van der Waals surface area contributed by atoms with E-state index in [1.54, 1.807) is 6.08 Å². The van der Waals surface area contributed by atoms with Gasteiger partial charge in [-0.3, -0.25) is 4.79 Å². The first-order valence-electron chi connectivity index (χ1n) is 6.97. The van der Waals surface area contributed by atoms with E-state index < -0.39 is 35.6 Å². The molecule has 0 aromatic rings. The van der Waals surface area contributed by atoms with Crippen LogP contribution in [-0.4, -0.2) is 52.3 Å². The summed E-state index contributed by atoms with van der Waals surface area (Å²) in [7, 11) is 0. The van der Waals surface area contributed by atoms with E-state index in [0.717, 1.165) is 4.90 Å². The van der Waals surface area contributed by atoms with Gasteiger partial charge in [0.25, 0.3) is 0 Å². The molecule has 21 heavy (non-hydrogen) atoms. The van der Waals surface area contributed by atoms with Crippen LogP contribution in [0.1, 0.15) is 20.3 Å². The molecular formula is C14H17NO6. The van der Waals surface area contributed by atoms with Gasteiger partial charge in [0.2, 0.25) is 5.91 Å². The van der Waals surface area contributed by atoms with Gasteiger partial charge in [-0.15, -0.1) is 0 Å². The van der Waals surface area contributed by atoms with E-state index in [2.05, 4.69) is 0 Å². The Balaban J connectivity index is 1.90. The van der Waals surface area contributed by atoms with Crippen LogP contribution in [0.15, 0.2) is 12.2 Å². The number of cyclic esters (lactones) is 1. The van der Waals surface area contributed by atoms with Gasteiger partial charge >= 0.3 is 12.1 Å². The normalized spacial score (nSPS) is 37.9. The first-order valence-corrected chi connectivity index (χ1v) is 6.97.